The highest BCUT2D eigenvalue weighted by atomic mass is 32.2. The van der Waals surface area contributed by atoms with Gasteiger partial charge in [0.1, 0.15) is 0 Å². The maximum Gasteiger partial charge on any atom is 0.240 e. The molecule has 0 saturated carbocycles. The minimum atomic E-state index is -3.40. The van der Waals surface area contributed by atoms with E-state index in [1.165, 1.54) is 0 Å². The Morgan fingerprint density at radius 3 is 2.33 bits per heavy atom. The predicted molar refractivity (Wildman–Crippen MR) is 86.1 cm³/mol. The van der Waals surface area contributed by atoms with Crippen LogP contribution in [0.1, 0.15) is 33.1 Å². The summed E-state index contributed by atoms with van der Waals surface area (Å²) >= 11 is 0. The number of anilines is 1. The minimum Gasteiger partial charge on any atom is -0.385 e. The van der Waals surface area contributed by atoms with Gasteiger partial charge in [0.05, 0.1) is 4.90 Å². The van der Waals surface area contributed by atoms with E-state index in [2.05, 4.69) is 10.0 Å². The normalized spacial score (nSPS) is 11.8. The van der Waals surface area contributed by atoms with Crippen molar-refractivity contribution in [3.8, 4) is 0 Å². The minimum absolute atomic E-state index is 0.111. The second-order valence-corrected chi connectivity index (χ2v) is 6.99. The van der Waals surface area contributed by atoms with Crippen LogP contribution >= 0.6 is 0 Å². The second-order valence-electron chi connectivity index (χ2n) is 5.28. The van der Waals surface area contributed by atoms with E-state index in [0.717, 1.165) is 38.1 Å². The summed E-state index contributed by atoms with van der Waals surface area (Å²) in [6, 6.07) is 6.73. The Hall–Kier alpha value is -1.11. The zero-order valence-corrected chi connectivity index (χ0v) is 13.9. The maximum absolute atomic E-state index is 12.0. The van der Waals surface area contributed by atoms with Crippen molar-refractivity contribution in [2.45, 2.75) is 44.0 Å². The largest absolute Gasteiger partial charge is 0.385 e. The van der Waals surface area contributed by atoms with Crippen molar-refractivity contribution in [2.24, 2.45) is 0 Å². The first kappa shape index (κ1) is 17.9. The topological polar surface area (TPSA) is 67.4 Å². The molecule has 0 unspecified atom stereocenters. The van der Waals surface area contributed by atoms with Crippen molar-refractivity contribution in [3.05, 3.63) is 24.3 Å². The molecule has 6 heteroatoms. The smallest absolute Gasteiger partial charge is 0.240 e. The van der Waals surface area contributed by atoms with Gasteiger partial charge in [0.15, 0.2) is 0 Å². The molecular weight excluding hydrogens is 288 g/mol. The van der Waals surface area contributed by atoms with Crippen molar-refractivity contribution in [1.82, 2.24) is 4.72 Å². The first-order valence-corrected chi connectivity index (χ1v) is 8.79. The molecule has 0 amide bonds. The van der Waals surface area contributed by atoms with Gasteiger partial charge in [-0.2, -0.15) is 0 Å². The molecule has 21 heavy (non-hydrogen) atoms. The van der Waals surface area contributed by atoms with E-state index >= 15 is 0 Å². The molecule has 0 aromatic heterocycles. The monoisotopic (exact) mass is 314 g/mol. The first-order valence-electron chi connectivity index (χ1n) is 7.31. The van der Waals surface area contributed by atoms with Gasteiger partial charge >= 0.3 is 0 Å². The van der Waals surface area contributed by atoms with E-state index in [-0.39, 0.29) is 6.04 Å². The van der Waals surface area contributed by atoms with Gasteiger partial charge < -0.3 is 10.1 Å². The number of rotatable bonds is 10. The standard InChI is InChI=1S/C15H26N2O3S/c1-13(2)17-21(18,19)15-9-7-14(8-10-15)16-11-5-4-6-12-20-3/h7-10,13,16-17H,4-6,11-12H2,1-3H3. The summed E-state index contributed by atoms with van der Waals surface area (Å²) in [7, 11) is -1.69. The van der Waals surface area contributed by atoms with E-state index in [1.807, 2.05) is 0 Å². The summed E-state index contributed by atoms with van der Waals surface area (Å²) in [5.41, 5.74) is 0.935. The van der Waals surface area contributed by atoms with Gasteiger partial charge in [0.2, 0.25) is 10.0 Å². The van der Waals surface area contributed by atoms with Gasteiger partial charge in [0.25, 0.3) is 0 Å². The fourth-order valence-electron chi connectivity index (χ4n) is 1.91. The van der Waals surface area contributed by atoms with Crippen LogP contribution < -0.4 is 10.0 Å². The summed E-state index contributed by atoms with van der Waals surface area (Å²) in [5.74, 6) is 0. The summed E-state index contributed by atoms with van der Waals surface area (Å²) < 4.78 is 31.5. The van der Waals surface area contributed by atoms with Crippen LogP contribution in [-0.2, 0) is 14.8 Å². The summed E-state index contributed by atoms with van der Waals surface area (Å²) in [5, 5.41) is 3.28. The molecule has 0 bridgehead atoms. The van der Waals surface area contributed by atoms with Gasteiger partial charge in [-0.05, 0) is 57.4 Å². The van der Waals surface area contributed by atoms with Crippen LogP contribution in [-0.4, -0.2) is 34.7 Å². The highest BCUT2D eigenvalue weighted by molar-refractivity contribution is 7.89. The molecule has 0 radical (unpaired) electrons. The van der Waals surface area contributed by atoms with Crippen LogP contribution in [0.15, 0.2) is 29.2 Å². The molecule has 0 atom stereocenters. The molecule has 120 valence electrons. The van der Waals surface area contributed by atoms with Crippen LogP contribution in [0.25, 0.3) is 0 Å². The van der Waals surface area contributed by atoms with Gasteiger partial charge in [-0.3, -0.25) is 0 Å². The Morgan fingerprint density at radius 2 is 1.76 bits per heavy atom. The molecule has 1 rings (SSSR count). The number of unbranched alkanes of at least 4 members (excludes halogenated alkanes) is 2. The Labute approximate surface area is 128 Å². The molecule has 0 aliphatic carbocycles. The third-order valence-corrected chi connectivity index (χ3v) is 4.58. The van der Waals surface area contributed by atoms with Crippen LogP contribution in [0.4, 0.5) is 5.69 Å². The van der Waals surface area contributed by atoms with Crippen LogP contribution in [0, 0.1) is 0 Å². The number of ether oxygens (including phenoxy) is 1. The van der Waals surface area contributed by atoms with Crippen LogP contribution in [0.2, 0.25) is 0 Å². The summed E-state index contributed by atoms with van der Waals surface area (Å²) in [6.07, 6.45) is 3.25. The van der Waals surface area contributed by atoms with E-state index in [1.54, 1.807) is 45.2 Å². The van der Waals surface area contributed by atoms with Gasteiger partial charge in [-0.25, -0.2) is 13.1 Å². The zero-order valence-electron chi connectivity index (χ0n) is 13.1. The van der Waals surface area contributed by atoms with E-state index < -0.39 is 10.0 Å². The lowest BCUT2D eigenvalue weighted by Crippen LogP contribution is -2.30. The number of benzene rings is 1. The Morgan fingerprint density at radius 1 is 1.10 bits per heavy atom. The highest BCUT2D eigenvalue weighted by Crippen LogP contribution is 2.14. The van der Waals surface area contributed by atoms with Gasteiger partial charge in [-0.1, -0.05) is 0 Å². The fourth-order valence-corrected chi connectivity index (χ4v) is 3.16. The fraction of sp³-hybridized carbons (Fsp3) is 0.600. The lowest BCUT2D eigenvalue weighted by Gasteiger charge is -2.11. The van der Waals surface area contributed by atoms with Crippen molar-refractivity contribution in [2.75, 3.05) is 25.6 Å². The molecule has 0 aliphatic rings. The quantitative estimate of drug-likeness (QED) is 0.651. The zero-order chi connectivity index (χ0) is 15.7. The third-order valence-electron chi connectivity index (χ3n) is 2.91. The molecule has 1 aromatic carbocycles. The molecule has 0 spiro atoms. The molecule has 0 saturated heterocycles. The van der Waals surface area contributed by atoms with Crippen molar-refractivity contribution >= 4 is 15.7 Å². The molecule has 5 nitrogen and oxygen atoms in total. The van der Waals surface area contributed by atoms with Crippen LogP contribution in [0.5, 0.6) is 0 Å². The number of methoxy groups -OCH3 is 1. The lowest BCUT2D eigenvalue weighted by molar-refractivity contribution is 0.192. The average Bonchev–Trinajstić information content (AvgIpc) is 2.42. The van der Waals surface area contributed by atoms with Gasteiger partial charge in [-0.15, -0.1) is 0 Å². The Balaban J connectivity index is 2.44. The first-order chi connectivity index (χ1) is 9.95. The number of sulfonamides is 1. The van der Waals surface area contributed by atoms with E-state index in [0.29, 0.717) is 4.90 Å². The third kappa shape index (κ3) is 6.93. The number of nitrogens with one attached hydrogen (secondary N) is 2. The Bertz CT molecular complexity index is 498. The molecule has 1 aromatic rings. The van der Waals surface area contributed by atoms with Crippen molar-refractivity contribution in [1.29, 1.82) is 0 Å². The van der Waals surface area contributed by atoms with E-state index in [9.17, 15) is 8.42 Å². The van der Waals surface area contributed by atoms with Crippen LogP contribution in [0.3, 0.4) is 0 Å². The molecular formula is C15H26N2O3S. The molecule has 0 fully saturated rings. The predicted octanol–water partition coefficient (Wildman–Crippen LogP) is 2.60. The number of hydrogen-bond acceptors (Lipinski definition) is 4. The maximum atomic E-state index is 12.0. The SMILES string of the molecule is COCCCCCNc1ccc(S(=O)(=O)NC(C)C)cc1. The van der Waals surface area contributed by atoms with Crippen molar-refractivity contribution < 1.29 is 13.2 Å². The Kier molecular flexibility index (Phi) is 7.71. The molecule has 0 aliphatic heterocycles. The number of hydrogen-bond donors (Lipinski definition) is 2. The highest BCUT2D eigenvalue weighted by Gasteiger charge is 2.14. The van der Waals surface area contributed by atoms with Crippen molar-refractivity contribution in [3.63, 3.8) is 0 Å². The lowest BCUT2D eigenvalue weighted by atomic mass is 10.2. The summed E-state index contributed by atoms with van der Waals surface area (Å²) in [6.45, 7) is 5.28. The molecule has 2 N–H and O–H groups in total. The van der Waals surface area contributed by atoms with Gasteiger partial charge in [0, 0.05) is 32.0 Å². The average molecular weight is 314 g/mol. The molecule has 0 heterocycles. The summed E-state index contributed by atoms with van der Waals surface area (Å²) in [4.78, 5) is 0.293. The second kappa shape index (κ2) is 9.02. The van der Waals surface area contributed by atoms with E-state index in [4.69, 9.17) is 4.74 Å².